The molecule has 0 amide bonds. The first-order valence-corrected chi connectivity index (χ1v) is 10.9. The maximum absolute atomic E-state index is 14.6. The first-order chi connectivity index (χ1) is 15.5. The Hall–Kier alpha value is -3.40. The van der Waals surface area contributed by atoms with Gasteiger partial charge in [-0.15, -0.1) is 10.2 Å². The van der Waals surface area contributed by atoms with Crippen molar-refractivity contribution in [3.8, 4) is 17.2 Å². The van der Waals surface area contributed by atoms with Crippen LogP contribution in [0.15, 0.2) is 58.2 Å². The Balaban J connectivity index is 1.57. The van der Waals surface area contributed by atoms with Crippen molar-refractivity contribution in [3.05, 3.63) is 71.9 Å². The Kier molecular flexibility index (Phi) is 6.69. The highest BCUT2D eigenvalue weighted by molar-refractivity contribution is 7.98. The van der Waals surface area contributed by atoms with Gasteiger partial charge in [-0.05, 0) is 36.4 Å². The number of thioether (sulfide) groups is 1. The number of halogens is 1. The average molecular weight is 456 g/mol. The fraction of sp³-hybridized carbons (Fsp3) is 0.273. The summed E-state index contributed by atoms with van der Waals surface area (Å²) in [5, 5.41) is 13.0. The van der Waals surface area contributed by atoms with Crippen LogP contribution in [0.4, 0.5) is 4.39 Å². The molecule has 2 aromatic heterocycles. The smallest absolute Gasteiger partial charge is 0.229 e. The molecule has 0 aliphatic rings. The lowest BCUT2D eigenvalue weighted by Gasteiger charge is -2.12. The zero-order chi connectivity index (χ0) is 22.5. The van der Waals surface area contributed by atoms with Crippen molar-refractivity contribution in [2.45, 2.75) is 37.3 Å². The molecule has 4 rings (SSSR count). The highest BCUT2D eigenvalue weighted by atomic mass is 32.2. The van der Waals surface area contributed by atoms with Gasteiger partial charge >= 0.3 is 0 Å². The van der Waals surface area contributed by atoms with Crippen LogP contribution in [0.1, 0.15) is 37.3 Å². The number of benzene rings is 2. The molecule has 2 heterocycles. The van der Waals surface area contributed by atoms with Crippen molar-refractivity contribution in [2.24, 2.45) is 0 Å². The minimum atomic E-state index is -0.387. The minimum Gasteiger partial charge on any atom is -0.497 e. The Morgan fingerprint density at radius 3 is 2.50 bits per heavy atom. The largest absolute Gasteiger partial charge is 0.497 e. The first kappa shape index (κ1) is 21.8. The molecule has 32 heavy (non-hydrogen) atoms. The van der Waals surface area contributed by atoms with Gasteiger partial charge < -0.3 is 14.0 Å². The molecule has 0 saturated carbocycles. The number of rotatable bonds is 9. The monoisotopic (exact) mass is 455 g/mol. The van der Waals surface area contributed by atoms with Crippen molar-refractivity contribution >= 4 is 11.8 Å². The van der Waals surface area contributed by atoms with Crippen LogP contribution < -0.4 is 9.47 Å². The van der Waals surface area contributed by atoms with E-state index in [1.807, 2.05) is 13.8 Å². The number of nitrogens with zero attached hydrogens (tertiary/aromatic N) is 5. The highest BCUT2D eigenvalue weighted by Crippen LogP contribution is 2.27. The van der Waals surface area contributed by atoms with Crippen molar-refractivity contribution in [1.82, 2.24) is 24.9 Å². The van der Waals surface area contributed by atoms with E-state index in [0.717, 1.165) is 5.75 Å². The molecule has 0 atom stereocenters. The molecule has 0 saturated heterocycles. The molecule has 0 aliphatic heterocycles. The van der Waals surface area contributed by atoms with Crippen molar-refractivity contribution in [3.63, 3.8) is 0 Å². The van der Waals surface area contributed by atoms with E-state index in [9.17, 15) is 4.39 Å². The molecule has 8 nitrogen and oxygen atoms in total. The lowest BCUT2D eigenvalue weighted by atomic mass is 10.2. The summed E-state index contributed by atoms with van der Waals surface area (Å²) in [6.07, 6.45) is 0. The molecule has 0 N–H and O–H groups in total. The third kappa shape index (κ3) is 4.91. The average Bonchev–Trinajstić information content (AvgIpc) is 3.44. The number of hydrogen-bond acceptors (Lipinski definition) is 8. The van der Waals surface area contributed by atoms with E-state index in [2.05, 4.69) is 20.3 Å². The summed E-state index contributed by atoms with van der Waals surface area (Å²) in [5.74, 6) is 3.10. The fourth-order valence-corrected chi connectivity index (χ4v) is 3.68. The highest BCUT2D eigenvalue weighted by Gasteiger charge is 2.19. The van der Waals surface area contributed by atoms with Gasteiger partial charge in [0, 0.05) is 5.92 Å². The summed E-state index contributed by atoms with van der Waals surface area (Å²) in [7, 11) is 1.60. The Labute approximate surface area is 188 Å². The van der Waals surface area contributed by atoms with Gasteiger partial charge in [-0.2, -0.15) is 4.98 Å². The van der Waals surface area contributed by atoms with Gasteiger partial charge in [0.1, 0.15) is 23.9 Å². The van der Waals surface area contributed by atoms with Crippen LogP contribution in [0, 0.1) is 5.82 Å². The number of para-hydroxylation sites is 1. The van der Waals surface area contributed by atoms with Crippen molar-refractivity contribution in [1.29, 1.82) is 0 Å². The topological polar surface area (TPSA) is 88.1 Å². The van der Waals surface area contributed by atoms with E-state index in [0.29, 0.717) is 39.9 Å². The van der Waals surface area contributed by atoms with Gasteiger partial charge in [-0.25, -0.2) is 4.39 Å². The normalized spacial score (nSPS) is 11.2. The quantitative estimate of drug-likeness (QED) is 0.333. The predicted octanol–water partition coefficient (Wildman–Crippen LogP) is 4.79. The summed E-state index contributed by atoms with van der Waals surface area (Å²) in [5.41, 5.74) is 0.337. The third-order valence-electron chi connectivity index (χ3n) is 4.53. The van der Waals surface area contributed by atoms with Gasteiger partial charge in [-0.1, -0.05) is 42.9 Å². The second-order valence-corrected chi connectivity index (χ2v) is 8.08. The van der Waals surface area contributed by atoms with E-state index in [1.165, 1.54) is 17.8 Å². The third-order valence-corrected chi connectivity index (χ3v) is 5.45. The molecular weight excluding hydrogens is 433 g/mol. The summed E-state index contributed by atoms with van der Waals surface area (Å²) in [4.78, 5) is 4.38. The van der Waals surface area contributed by atoms with Gasteiger partial charge in [0.05, 0.1) is 18.6 Å². The molecule has 0 radical (unpaired) electrons. The number of aromatic nitrogens is 5. The maximum atomic E-state index is 14.6. The molecular formula is C22H22FN5O3S. The number of hydrogen-bond donors (Lipinski definition) is 0. The summed E-state index contributed by atoms with van der Waals surface area (Å²) in [6.45, 7) is 4.07. The van der Waals surface area contributed by atoms with Gasteiger partial charge in [0.2, 0.25) is 5.89 Å². The fourth-order valence-electron chi connectivity index (χ4n) is 2.87. The maximum Gasteiger partial charge on any atom is 0.229 e. The minimum absolute atomic E-state index is 0.105. The summed E-state index contributed by atoms with van der Waals surface area (Å²) < 4.78 is 32.5. The van der Waals surface area contributed by atoms with Gasteiger partial charge in [0.25, 0.3) is 0 Å². The van der Waals surface area contributed by atoms with Crippen molar-refractivity contribution in [2.75, 3.05) is 7.11 Å². The van der Waals surface area contributed by atoms with Crippen LogP contribution in [-0.2, 0) is 12.4 Å². The van der Waals surface area contributed by atoms with Crippen LogP contribution in [0.2, 0.25) is 0 Å². The predicted molar refractivity (Wildman–Crippen MR) is 117 cm³/mol. The van der Waals surface area contributed by atoms with Gasteiger partial charge in [-0.3, -0.25) is 4.57 Å². The number of ether oxygens (including phenoxy) is 2. The van der Waals surface area contributed by atoms with Crippen LogP contribution in [-0.4, -0.2) is 32.0 Å². The SMILES string of the molecule is COc1ccc(OCc2nnc(SCc3noc(C(C)C)n3)n2-c2ccccc2F)cc1. The van der Waals surface area contributed by atoms with E-state index < -0.39 is 0 Å². The van der Waals surface area contributed by atoms with Gasteiger partial charge in [0.15, 0.2) is 16.8 Å². The molecule has 0 unspecified atom stereocenters. The summed E-state index contributed by atoms with van der Waals surface area (Å²) in [6, 6.07) is 13.6. The Bertz CT molecular complexity index is 1180. The second kappa shape index (κ2) is 9.82. The van der Waals surface area contributed by atoms with Crippen LogP contribution in [0.3, 0.4) is 0 Å². The van der Waals surface area contributed by atoms with E-state index in [4.69, 9.17) is 14.0 Å². The first-order valence-electron chi connectivity index (χ1n) is 9.96. The Morgan fingerprint density at radius 2 is 1.81 bits per heavy atom. The van der Waals surface area contributed by atoms with Crippen LogP contribution in [0.25, 0.3) is 5.69 Å². The van der Waals surface area contributed by atoms with Crippen LogP contribution >= 0.6 is 11.8 Å². The van der Waals surface area contributed by atoms with E-state index >= 15 is 0 Å². The molecule has 0 bridgehead atoms. The van der Waals surface area contributed by atoms with E-state index in [-0.39, 0.29) is 18.3 Å². The lowest BCUT2D eigenvalue weighted by Crippen LogP contribution is -2.08. The number of methoxy groups -OCH3 is 1. The van der Waals surface area contributed by atoms with E-state index in [1.54, 1.807) is 54.1 Å². The zero-order valence-corrected chi connectivity index (χ0v) is 18.7. The molecule has 10 heteroatoms. The zero-order valence-electron chi connectivity index (χ0n) is 17.9. The molecule has 0 spiro atoms. The summed E-state index contributed by atoms with van der Waals surface area (Å²) >= 11 is 1.34. The lowest BCUT2D eigenvalue weighted by molar-refractivity contribution is 0.292. The second-order valence-electron chi connectivity index (χ2n) is 7.14. The molecule has 4 aromatic rings. The Morgan fingerprint density at radius 1 is 1.06 bits per heavy atom. The molecule has 2 aromatic carbocycles. The molecule has 0 aliphatic carbocycles. The van der Waals surface area contributed by atoms with Crippen LogP contribution in [0.5, 0.6) is 11.5 Å². The standard InChI is InChI=1S/C22H22FN5O3S/c1-14(2)21-24-19(27-31-21)13-32-22-26-25-20(28(22)18-7-5-4-6-17(18)23)12-30-16-10-8-15(29-3)9-11-16/h4-11,14H,12-13H2,1-3H3. The molecule has 166 valence electrons. The van der Waals surface area contributed by atoms with Crippen molar-refractivity contribution < 1.29 is 18.4 Å². The molecule has 0 fully saturated rings.